The fourth-order valence-corrected chi connectivity index (χ4v) is 4.33. The molecule has 1 atom stereocenters. The Morgan fingerprint density at radius 1 is 1.19 bits per heavy atom. The lowest BCUT2D eigenvalue weighted by molar-refractivity contribution is -0.132. The number of rotatable bonds is 4. The summed E-state index contributed by atoms with van der Waals surface area (Å²) in [5, 5.41) is 10.0. The maximum absolute atomic E-state index is 13.1. The van der Waals surface area contributed by atoms with Gasteiger partial charge in [-0.05, 0) is 40.8 Å². The number of hydrogen-bond donors (Lipinski definition) is 0. The lowest BCUT2D eigenvalue weighted by Crippen LogP contribution is -2.41. The summed E-state index contributed by atoms with van der Waals surface area (Å²) < 4.78 is 0. The van der Waals surface area contributed by atoms with E-state index >= 15 is 0 Å². The minimum absolute atomic E-state index is 0.0238. The molecule has 5 nitrogen and oxygen atoms in total. The second kappa shape index (κ2) is 7.41. The average Bonchev–Trinajstić information content (AvgIpc) is 3.35. The monoisotopic (exact) mass is 367 g/mol. The highest BCUT2D eigenvalue weighted by Gasteiger charge is 2.34. The zero-order valence-corrected chi connectivity index (χ0v) is 15.3. The molecule has 1 saturated heterocycles. The van der Waals surface area contributed by atoms with Crippen LogP contribution in [-0.2, 0) is 16.1 Å². The third-order valence-corrected chi connectivity index (χ3v) is 5.67. The minimum Gasteiger partial charge on any atom is -0.330 e. The van der Waals surface area contributed by atoms with E-state index in [0.717, 1.165) is 24.9 Å². The second-order valence-electron chi connectivity index (χ2n) is 6.70. The number of hydrazone groups is 1. The summed E-state index contributed by atoms with van der Waals surface area (Å²) in [6.45, 7) is 1.16. The fourth-order valence-electron chi connectivity index (χ4n) is 3.62. The molecule has 1 fully saturated rings. The normalized spacial score (nSPS) is 20.4. The highest BCUT2D eigenvalue weighted by atomic mass is 32.1. The fraction of sp³-hybridized carbons (Fsp3) is 0.350. The van der Waals surface area contributed by atoms with E-state index in [1.165, 1.54) is 10.6 Å². The standard InChI is InChI=1S/C20H21N3O2S/c24-19-9-8-17(21-23(19)13-15-5-2-1-3-6-15)20(25)22-11-4-7-18(22)16-10-12-26-14-16/h1-3,5-6,10,12,14,18H,4,7-9,11,13H2. The first-order chi connectivity index (χ1) is 12.7. The molecule has 2 amide bonds. The molecule has 1 aromatic carbocycles. The van der Waals surface area contributed by atoms with Crippen LogP contribution in [0.1, 0.15) is 42.9 Å². The Morgan fingerprint density at radius 2 is 2.04 bits per heavy atom. The van der Waals surface area contributed by atoms with Crippen molar-refractivity contribution in [1.82, 2.24) is 9.91 Å². The summed E-state index contributed by atoms with van der Waals surface area (Å²) in [7, 11) is 0. The highest BCUT2D eigenvalue weighted by molar-refractivity contribution is 7.08. The van der Waals surface area contributed by atoms with Gasteiger partial charge in [0.15, 0.2) is 0 Å². The van der Waals surface area contributed by atoms with Crippen LogP contribution in [0.5, 0.6) is 0 Å². The van der Waals surface area contributed by atoms with Crippen molar-refractivity contribution in [3.05, 3.63) is 58.3 Å². The Morgan fingerprint density at radius 3 is 2.81 bits per heavy atom. The third-order valence-electron chi connectivity index (χ3n) is 4.97. The van der Waals surface area contributed by atoms with E-state index in [2.05, 4.69) is 21.9 Å². The summed E-state index contributed by atoms with van der Waals surface area (Å²) in [6.07, 6.45) is 2.76. The third kappa shape index (κ3) is 3.42. The molecule has 0 spiro atoms. The molecular formula is C20H21N3O2S. The largest absolute Gasteiger partial charge is 0.330 e. The van der Waals surface area contributed by atoms with Crippen LogP contribution in [0.3, 0.4) is 0 Å². The quantitative estimate of drug-likeness (QED) is 0.829. The Kier molecular flexibility index (Phi) is 4.84. The van der Waals surface area contributed by atoms with Crippen LogP contribution in [0, 0.1) is 0 Å². The number of benzene rings is 1. The molecule has 4 rings (SSSR count). The topological polar surface area (TPSA) is 53.0 Å². The zero-order valence-electron chi connectivity index (χ0n) is 14.5. The van der Waals surface area contributed by atoms with Crippen molar-refractivity contribution in [2.75, 3.05) is 6.54 Å². The Hall–Kier alpha value is -2.47. The molecule has 0 radical (unpaired) electrons. The maximum atomic E-state index is 13.1. The molecule has 0 saturated carbocycles. The Labute approximate surface area is 156 Å². The van der Waals surface area contributed by atoms with E-state index in [0.29, 0.717) is 25.1 Å². The lowest BCUT2D eigenvalue weighted by atomic mass is 10.1. The first-order valence-corrected chi connectivity index (χ1v) is 9.91. The first kappa shape index (κ1) is 17.0. The van der Waals surface area contributed by atoms with Gasteiger partial charge < -0.3 is 4.90 Å². The van der Waals surface area contributed by atoms with Gasteiger partial charge in [0.25, 0.3) is 5.91 Å². The molecule has 26 heavy (non-hydrogen) atoms. The molecular weight excluding hydrogens is 346 g/mol. The number of likely N-dealkylation sites (tertiary alicyclic amines) is 1. The van der Waals surface area contributed by atoms with Gasteiger partial charge in [0, 0.05) is 19.4 Å². The van der Waals surface area contributed by atoms with Gasteiger partial charge in [-0.3, -0.25) is 9.59 Å². The summed E-state index contributed by atoms with van der Waals surface area (Å²) >= 11 is 1.66. The van der Waals surface area contributed by atoms with Crippen LogP contribution in [0.15, 0.2) is 52.3 Å². The number of hydrogen-bond acceptors (Lipinski definition) is 4. The van der Waals surface area contributed by atoms with Gasteiger partial charge in [0.2, 0.25) is 5.91 Å². The van der Waals surface area contributed by atoms with Gasteiger partial charge in [-0.15, -0.1) is 0 Å². The predicted molar refractivity (Wildman–Crippen MR) is 102 cm³/mol. The van der Waals surface area contributed by atoms with Crippen LogP contribution < -0.4 is 0 Å². The number of amides is 2. The molecule has 6 heteroatoms. The Bertz CT molecular complexity index is 817. The zero-order chi connectivity index (χ0) is 17.9. The molecule has 0 N–H and O–H groups in total. The molecule has 1 unspecified atom stereocenters. The van der Waals surface area contributed by atoms with Gasteiger partial charge >= 0.3 is 0 Å². The van der Waals surface area contributed by atoms with Crippen LogP contribution in [-0.4, -0.2) is 34.0 Å². The Balaban J connectivity index is 1.53. The van der Waals surface area contributed by atoms with Crippen molar-refractivity contribution in [3.8, 4) is 0 Å². The molecule has 2 aliphatic rings. The highest BCUT2D eigenvalue weighted by Crippen LogP contribution is 2.33. The number of carbonyl (C=O) groups is 2. The lowest BCUT2D eigenvalue weighted by Gasteiger charge is -2.28. The van der Waals surface area contributed by atoms with Gasteiger partial charge in [-0.25, -0.2) is 5.01 Å². The molecule has 134 valence electrons. The summed E-state index contributed by atoms with van der Waals surface area (Å²) in [5.74, 6) is -0.0505. The van der Waals surface area contributed by atoms with Crippen LogP contribution in [0.25, 0.3) is 0 Å². The van der Waals surface area contributed by atoms with Crippen molar-refractivity contribution in [3.63, 3.8) is 0 Å². The van der Waals surface area contributed by atoms with Crippen molar-refractivity contribution in [2.24, 2.45) is 5.10 Å². The van der Waals surface area contributed by atoms with E-state index in [9.17, 15) is 9.59 Å². The maximum Gasteiger partial charge on any atom is 0.270 e. The smallest absolute Gasteiger partial charge is 0.270 e. The molecule has 1 aromatic heterocycles. The molecule has 3 heterocycles. The van der Waals surface area contributed by atoms with Gasteiger partial charge in [-0.1, -0.05) is 30.3 Å². The van der Waals surface area contributed by atoms with E-state index in [1.807, 2.05) is 35.2 Å². The van der Waals surface area contributed by atoms with Crippen LogP contribution >= 0.6 is 11.3 Å². The number of carbonyl (C=O) groups excluding carboxylic acids is 2. The SMILES string of the molecule is O=C1CCC(C(=O)N2CCCC2c2ccsc2)=NN1Cc1ccccc1. The molecule has 0 bridgehead atoms. The van der Waals surface area contributed by atoms with Crippen molar-refractivity contribution in [1.29, 1.82) is 0 Å². The van der Waals surface area contributed by atoms with Crippen LogP contribution in [0.4, 0.5) is 0 Å². The first-order valence-electron chi connectivity index (χ1n) is 8.97. The van der Waals surface area contributed by atoms with E-state index in [4.69, 9.17) is 0 Å². The van der Waals surface area contributed by atoms with E-state index in [-0.39, 0.29) is 17.9 Å². The number of nitrogens with zero attached hydrogens (tertiary/aromatic N) is 3. The molecule has 2 aromatic rings. The van der Waals surface area contributed by atoms with Crippen molar-refractivity contribution in [2.45, 2.75) is 38.3 Å². The van der Waals surface area contributed by atoms with E-state index < -0.39 is 0 Å². The summed E-state index contributed by atoms with van der Waals surface area (Å²) in [4.78, 5) is 27.2. The summed E-state index contributed by atoms with van der Waals surface area (Å²) in [5.41, 5.74) is 2.72. The average molecular weight is 367 g/mol. The van der Waals surface area contributed by atoms with Gasteiger partial charge in [0.1, 0.15) is 5.71 Å². The predicted octanol–water partition coefficient (Wildman–Crippen LogP) is 3.59. The van der Waals surface area contributed by atoms with Gasteiger partial charge in [0.05, 0.1) is 12.6 Å². The number of thiophene rings is 1. The second-order valence-corrected chi connectivity index (χ2v) is 7.48. The molecule has 2 aliphatic heterocycles. The van der Waals surface area contributed by atoms with Crippen LogP contribution in [0.2, 0.25) is 0 Å². The van der Waals surface area contributed by atoms with E-state index in [1.54, 1.807) is 11.3 Å². The minimum atomic E-state index is -0.0267. The van der Waals surface area contributed by atoms with Crippen molar-refractivity contribution >= 4 is 28.9 Å². The van der Waals surface area contributed by atoms with Crippen molar-refractivity contribution < 1.29 is 9.59 Å². The van der Waals surface area contributed by atoms with Gasteiger partial charge in [-0.2, -0.15) is 16.4 Å². The molecule has 0 aliphatic carbocycles. The summed E-state index contributed by atoms with van der Waals surface area (Å²) in [6, 6.07) is 12.0.